The van der Waals surface area contributed by atoms with Crippen molar-refractivity contribution < 1.29 is 23.8 Å². The molecule has 1 aromatic rings. The Kier molecular flexibility index (Phi) is 6.48. The van der Waals surface area contributed by atoms with Crippen molar-refractivity contribution in [2.75, 3.05) is 13.7 Å². The number of halogens is 1. The molecular weight excluding hydrogens is 397 g/mol. The molecule has 0 amide bonds. The summed E-state index contributed by atoms with van der Waals surface area (Å²) < 4.78 is 26.8. The predicted molar refractivity (Wildman–Crippen MR) is 106 cm³/mol. The van der Waals surface area contributed by atoms with Crippen LogP contribution in [0.3, 0.4) is 0 Å². The molecule has 30 heavy (non-hydrogen) atoms. The summed E-state index contributed by atoms with van der Waals surface area (Å²) in [5, 5.41) is 9.58. The first-order valence-corrected chi connectivity index (χ1v) is 9.21. The second-order valence-corrected chi connectivity index (χ2v) is 6.82. The van der Waals surface area contributed by atoms with Crippen molar-refractivity contribution in [2.24, 2.45) is 0 Å². The van der Waals surface area contributed by atoms with Gasteiger partial charge < -0.3 is 19.5 Å². The maximum absolute atomic E-state index is 15.2. The first-order chi connectivity index (χ1) is 14.3. The molecule has 1 aromatic heterocycles. The minimum atomic E-state index is -1.96. The van der Waals surface area contributed by atoms with Crippen LogP contribution < -0.4 is 11.2 Å². The molecule has 160 valence electrons. The van der Waals surface area contributed by atoms with Crippen LogP contribution in [0.1, 0.15) is 18.2 Å². The van der Waals surface area contributed by atoms with Crippen LogP contribution in [0.2, 0.25) is 0 Å². The van der Waals surface area contributed by atoms with E-state index < -0.39 is 48.4 Å². The van der Waals surface area contributed by atoms with E-state index >= 15 is 4.39 Å². The van der Waals surface area contributed by atoms with Crippen LogP contribution in [0.15, 0.2) is 58.6 Å². The molecule has 0 spiro atoms. The number of aliphatic hydroxyl groups is 1. The normalized spacial score (nSPS) is 26.1. The van der Waals surface area contributed by atoms with E-state index in [1.165, 1.54) is 18.2 Å². The molecule has 4 atom stereocenters. The fourth-order valence-corrected chi connectivity index (χ4v) is 3.21. The summed E-state index contributed by atoms with van der Waals surface area (Å²) in [6, 6.07) is 0. The van der Waals surface area contributed by atoms with Crippen LogP contribution >= 0.6 is 0 Å². The number of allylic oxidation sites excluding steroid dienone is 3. The number of carbonyl (C=O) groups is 1. The lowest BCUT2D eigenvalue weighted by Gasteiger charge is -2.21. The fourth-order valence-electron chi connectivity index (χ4n) is 3.21. The third-order valence-electron chi connectivity index (χ3n) is 4.67. The van der Waals surface area contributed by atoms with Gasteiger partial charge in [0.05, 0.1) is 17.7 Å². The first-order valence-electron chi connectivity index (χ1n) is 9.21. The molecule has 2 aliphatic rings. The number of hydrogen-bond donors (Lipinski definition) is 2. The van der Waals surface area contributed by atoms with E-state index in [1.54, 1.807) is 30.4 Å². The number of nitrogens with one attached hydrogen (secondary N) is 1. The van der Waals surface area contributed by atoms with Crippen LogP contribution in [0.5, 0.6) is 0 Å². The number of rotatable bonds is 6. The number of carbonyl (C=O) groups excluding carboxylic acids is 1. The summed E-state index contributed by atoms with van der Waals surface area (Å²) in [5.41, 5.74) is -1.17. The predicted octanol–water partition coefficient (Wildman–Crippen LogP) is 0.608. The molecule has 3 rings (SSSR count). The van der Waals surface area contributed by atoms with E-state index in [9.17, 15) is 19.5 Å². The number of ether oxygens (including phenoxy) is 2. The zero-order valence-corrected chi connectivity index (χ0v) is 16.2. The Hall–Kier alpha value is -3.24. The maximum Gasteiger partial charge on any atom is 0.336 e. The summed E-state index contributed by atoms with van der Waals surface area (Å²) in [7, 11) is 1.73. The van der Waals surface area contributed by atoms with Gasteiger partial charge in [-0.25, -0.2) is 14.0 Å². The zero-order chi connectivity index (χ0) is 21.8. The van der Waals surface area contributed by atoms with Crippen LogP contribution in [0, 0.1) is 0 Å². The van der Waals surface area contributed by atoms with Crippen LogP contribution in [-0.2, 0) is 14.3 Å². The molecule has 4 unspecified atom stereocenters. The second-order valence-electron chi connectivity index (χ2n) is 6.82. The minimum absolute atomic E-state index is 0.0773. The molecule has 10 heteroatoms. The van der Waals surface area contributed by atoms with E-state index in [4.69, 9.17) is 9.47 Å². The molecule has 0 radical (unpaired) electrons. The standard InChI is InChI=1S/C20H22FN3O6/c1-3-4-6-12-10-24(20(28)22-17(12)26)18-15(21)16(14(11-25)29-18)30-19(27)13-7-5-8-23(2)9-13/h3-6,8-10,14-16,18,25H,1,7,11H2,2H3,(H,22,26,28)/b6-4+. The molecule has 0 saturated carbocycles. The van der Waals surface area contributed by atoms with Gasteiger partial charge in [0.25, 0.3) is 5.56 Å². The average Bonchev–Trinajstić information content (AvgIpc) is 3.03. The van der Waals surface area contributed by atoms with Crippen molar-refractivity contribution in [3.63, 3.8) is 0 Å². The van der Waals surface area contributed by atoms with Gasteiger partial charge in [-0.1, -0.05) is 24.8 Å². The largest absolute Gasteiger partial charge is 0.453 e. The van der Waals surface area contributed by atoms with Crippen molar-refractivity contribution in [2.45, 2.75) is 31.0 Å². The molecule has 2 N–H and O–H groups in total. The lowest BCUT2D eigenvalue weighted by Crippen LogP contribution is -2.38. The molecule has 0 aliphatic carbocycles. The smallest absolute Gasteiger partial charge is 0.336 e. The van der Waals surface area contributed by atoms with Gasteiger partial charge in [0.2, 0.25) is 0 Å². The molecule has 9 nitrogen and oxygen atoms in total. The minimum Gasteiger partial charge on any atom is -0.453 e. The summed E-state index contributed by atoms with van der Waals surface area (Å²) in [6.07, 6.45) is 4.76. The lowest BCUT2D eigenvalue weighted by atomic mass is 10.1. The average molecular weight is 419 g/mol. The van der Waals surface area contributed by atoms with E-state index in [2.05, 4.69) is 11.6 Å². The quantitative estimate of drug-likeness (QED) is 0.513. The Morgan fingerprint density at radius 3 is 2.93 bits per heavy atom. The van der Waals surface area contributed by atoms with Gasteiger partial charge in [0.1, 0.15) is 6.10 Å². The molecule has 0 aromatic carbocycles. The summed E-state index contributed by atoms with van der Waals surface area (Å²) in [5.74, 6) is -0.745. The number of H-pyrrole nitrogens is 1. The van der Waals surface area contributed by atoms with E-state index in [0.717, 1.165) is 10.8 Å². The highest BCUT2D eigenvalue weighted by atomic mass is 19.1. The van der Waals surface area contributed by atoms with Crippen molar-refractivity contribution in [3.8, 4) is 0 Å². The number of aromatic nitrogens is 2. The number of aromatic amines is 1. The van der Waals surface area contributed by atoms with Crippen molar-refractivity contribution in [3.05, 3.63) is 75.4 Å². The van der Waals surface area contributed by atoms with Gasteiger partial charge in [-0.2, -0.15) is 0 Å². The van der Waals surface area contributed by atoms with Crippen molar-refractivity contribution >= 4 is 12.0 Å². The Morgan fingerprint density at radius 1 is 1.50 bits per heavy atom. The molecule has 2 aliphatic heterocycles. The van der Waals surface area contributed by atoms with Crippen LogP contribution in [-0.4, -0.2) is 57.6 Å². The van der Waals surface area contributed by atoms with Gasteiger partial charge in [0, 0.05) is 25.9 Å². The Morgan fingerprint density at radius 2 is 2.27 bits per heavy atom. The highest BCUT2D eigenvalue weighted by Crippen LogP contribution is 2.33. The van der Waals surface area contributed by atoms with Gasteiger partial charge >= 0.3 is 11.7 Å². The molecule has 1 saturated heterocycles. The van der Waals surface area contributed by atoms with Crippen LogP contribution in [0.25, 0.3) is 6.08 Å². The lowest BCUT2D eigenvalue weighted by molar-refractivity contribution is -0.150. The first kappa shape index (κ1) is 21.5. The van der Waals surface area contributed by atoms with Gasteiger partial charge in [-0.05, 0) is 12.3 Å². The topological polar surface area (TPSA) is 114 Å². The van der Waals surface area contributed by atoms with Crippen molar-refractivity contribution in [1.29, 1.82) is 0 Å². The number of alkyl halides is 1. The van der Waals surface area contributed by atoms with Crippen molar-refractivity contribution in [1.82, 2.24) is 14.5 Å². The van der Waals surface area contributed by atoms with E-state index in [1.807, 2.05) is 0 Å². The number of aliphatic hydroxyl groups excluding tert-OH is 1. The third-order valence-corrected chi connectivity index (χ3v) is 4.67. The van der Waals surface area contributed by atoms with E-state index in [-0.39, 0.29) is 5.56 Å². The van der Waals surface area contributed by atoms with Gasteiger partial charge in [-0.15, -0.1) is 0 Å². The monoisotopic (exact) mass is 419 g/mol. The van der Waals surface area contributed by atoms with Crippen LogP contribution in [0.4, 0.5) is 4.39 Å². The number of hydrogen-bond acceptors (Lipinski definition) is 7. The maximum atomic E-state index is 15.2. The summed E-state index contributed by atoms with van der Waals surface area (Å²) in [6.45, 7) is 2.87. The summed E-state index contributed by atoms with van der Waals surface area (Å²) >= 11 is 0. The Balaban J connectivity index is 1.86. The Labute approximate surface area is 171 Å². The molecule has 1 fully saturated rings. The van der Waals surface area contributed by atoms with E-state index in [0.29, 0.717) is 12.0 Å². The van der Waals surface area contributed by atoms with Gasteiger partial charge in [0.15, 0.2) is 18.5 Å². The number of nitrogens with zero attached hydrogens (tertiary/aromatic N) is 2. The zero-order valence-electron chi connectivity index (χ0n) is 16.2. The molecule has 3 heterocycles. The molecular formula is C20H22FN3O6. The highest BCUT2D eigenvalue weighted by Gasteiger charge is 2.49. The Bertz CT molecular complexity index is 1020. The second kappa shape index (κ2) is 9.06. The molecule has 0 bridgehead atoms. The SMILES string of the molecule is C=C/C=C/c1cn(C2OC(CO)C(OC(=O)C3=CN(C)C=CC3)C2F)c(=O)[nH]c1=O. The fraction of sp³-hybridized carbons (Fsp3) is 0.350. The highest BCUT2D eigenvalue weighted by molar-refractivity contribution is 5.89. The van der Waals surface area contributed by atoms with Gasteiger partial charge in [-0.3, -0.25) is 14.3 Å². The summed E-state index contributed by atoms with van der Waals surface area (Å²) in [4.78, 5) is 40.3. The third kappa shape index (κ3) is 4.34. The number of esters is 1.